The number of aromatic nitrogens is 1. The van der Waals surface area contributed by atoms with Crippen LogP contribution in [0.15, 0.2) is 35.5 Å². The van der Waals surface area contributed by atoms with E-state index in [9.17, 15) is 0 Å². The van der Waals surface area contributed by atoms with E-state index in [1.54, 1.807) is 0 Å². The van der Waals surface area contributed by atoms with Gasteiger partial charge in [-0.05, 0) is 38.1 Å². The molecule has 4 aliphatic rings. The summed E-state index contributed by atoms with van der Waals surface area (Å²) >= 11 is 0. The number of piperidine rings is 3. The molecule has 114 valence electrons. The number of hydrogen-bond donors (Lipinski definition) is 1. The van der Waals surface area contributed by atoms with Crippen LogP contribution in [0.25, 0.3) is 10.9 Å². The second kappa shape index (κ2) is 4.26. The molecule has 1 unspecified atom stereocenters. The van der Waals surface area contributed by atoms with Crippen molar-refractivity contribution in [3.63, 3.8) is 0 Å². The number of benzene rings is 1. The van der Waals surface area contributed by atoms with Crippen molar-refractivity contribution in [1.29, 1.82) is 0 Å². The highest BCUT2D eigenvalue weighted by Crippen LogP contribution is 2.43. The SMILES string of the molecule is CN1C(c2cc3ccccc3[nH]2)=NOC12CN1CCC2CC1. The topological polar surface area (TPSA) is 43.9 Å². The Bertz CT molecular complexity index is 726. The van der Waals surface area contributed by atoms with Crippen molar-refractivity contribution in [3.05, 3.63) is 36.0 Å². The molecule has 0 saturated carbocycles. The van der Waals surface area contributed by atoms with Gasteiger partial charge in [0.25, 0.3) is 0 Å². The predicted molar refractivity (Wildman–Crippen MR) is 85.6 cm³/mol. The molecular weight excluding hydrogens is 276 g/mol. The number of nitrogens with one attached hydrogen (secondary N) is 1. The van der Waals surface area contributed by atoms with E-state index >= 15 is 0 Å². The minimum Gasteiger partial charge on any atom is -0.363 e. The summed E-state index contributed by atoms with van der Waals surface area (Å²) in [6, 6.07) is 10.5. The maximum absolute atomic E-state index is 6.04. The summed E-state index contributed by atoms with van der Waals surface area (Å²) in [5, 5.41) is 5.67. The van der Waals surface area contributed by atoms with E-state index in [0.29, 0.717) is 5.92 Å². The van der Waals surface area contributed by atoms with Crippen LogP contribution < -0.4 is 0 Å². The molecule has 5 heterocycles. The van der Waals surface area contributed by atoms with Crippen LogP contribution >= 0.6 is 0 Å². The molecule has 0 aliphatic carbocycles. The van der Waals surface area contributed by atoms with Gasteiger partial charge < -0.3 is 14.7 Å². The Morgan fingerprint density at radius 3 is 2.82 bits per heavy atom. The first-order valence-corrected chi connectivity index (χ1v) is 8.07. The number of amidine groups is 1. The van der Waals surface area contributed by atoms with Gasteiger partial charge in [0, 0.05) is 23.9 Å². The summed E-state index contributed by atoms with van der Waals surface area (Å²) in [7, 11) is 2.12. The van der Waals surface area contributed by atoms with E-state index < -0.39 is 0 Å². The van der Waals surface area contributed by atoms with Crippen molar-refractivity contribution >= 4 is 16.7 Å². The van der Waals surface area contributed by atoms with E-state index in [-0.39, 0.29) is 5.72 Å². The average Bonchev–Trinajstić information content (AvgIpc) is 3.11. The maximum Gasteiger partial charge on any atom is 0.226 e. The second-order valence-corrected chi connectivity index (χ2v) is 6.73. The lowest BCUT2D eigenvalue weighted by atomic mass is 9.80. The minimum atomic E-state index is -0.261. The molecule has 5 heteroatoms. The zero-order chi connectivity index (χ0) is 14.7. The molecule has 1 N–H and O–H groups in total. The first-order valence-electron chi connectivity index (χ1n) is 8.07. The van der Waals surface area contributed by atoms with Gasteiger partial charge in [-0.2, -0.15) is 0 Å². The van der Waals surface area contributed by atoms with Crippen molar-refractivity contribution in [3.8, 4) is 0 Å². The smallest absolute Gasteiger partial charge is 0.226 e. The van der Waals surface area contributed by atoms with Crippen LogP contribution in [0.1, 0.15) is 18.5 Å². The number of nitrogens with zero attached hydrogens (tertiary/aromatic N) is 3. The fraction of sp³-hybridized carbons (Fsp3) is 0.471. The summed E-state index contributed by atoms with van der Waals surface area (Å²) < 4.78 is 0. The Morgan fingerprint density at radius 1 is 1.27 bits per heavy atom. The fourth-order valence-corrected chi connectivity index (χ4v) is 4.32. The first-order chi connectivity index (χ1) is 10.8. The molecule has 1 aromatic carbocycles. The van der Waals surface area contributed by atoms with Crippen LogP contribution in [-0.4, -0.2) is 53.0 Å². The lowest BCUT2D eigenvalue weighted by molar-refractivity contribution is -0.190. The Kier molecular flexibility index (Phi) is 2.42. The van der Waals surface area contributed by atoms with Gasteiger partial charge in [-0.15, -0.1) is 0 Å². The zero-order valence-electron chi connectivity index (χ0n) is 12.7. The molecule has 4 aliphatic heterocycles. The largest absolute Gasteiger partial charge is 0.363 e. The van der Waals surface area contributed by atoms with Crippen LogP contribution in [0.3, 0.4) is 0 Å². The molecule has 1 atom stereocenters. The first kappa shape index (κ1) is 12.5. The highest BCUT2D eigenvalue weighted by molar-refractivity contribution is 6.02. The van der Waals surface area contributed by atoms with Gasteiger partial charge in [0.05, 0.1) is 12.2 Å². The number of aromatic amines is 1. The third kappa shape index (κ3) is 1.54. The van der Waals surface area contributed by atoms with Gasteiger partial charge in [0.2, 0.25) is 5.72 Å². The third-order valence-electron chi connectivity index (χ3n) is 5.62. The van der Waals surface area contributed by atoms with E-state index in [1.165, 1.54) is 31.3 Å². The van der Waals surface area contributed by atoms with Gasteiger partial charge in [0.15, 0.2) is 5.84 Å². The summed E-state index contributed by atoms with van der Waals surface area (Å²) in [5.41, 5.74) is 1.92. The lowest BCUT2D eigenvalue weighted by Crippen LogP contribution is -2.65. The Morgan fingerprint density at radius 2 is 2.09 bits per heavy atom. The van der Waals surface area contributed by atoms with Crippen molar-refractivity contribution < 1.29 is 4.84 Å². The van der Waals surface area contributed by atoms with E-state index in [2.05, 4.69) is 51.3 Å². The van der Waals surface area contributed by atoms with Gasteiger partial charge in [-0.25, -0.2) is 0 Å². The van der Waals surface area contributed by atoms with E-state index in [4.69, 9.17) is 4.84 Å². The summed E-state index contributed by atoms with van der Waals surface area (Å²) in [5.74, 6) is 1.50. The quantitative estimate of drug-likeness (QED) is 0.877. The number of oxime groups is 1. The number of para-hydroxylation sites is 1. The molecule has 22 heavy (non-hydrogen) atoms. The van der Waals surface area contributed by atoms with Crippen LogP contribution in [0.2, 0.25) is 0 Å². The number of H-pyrrole nitrogens is 1. The molecule has 2 aromatic rings. The van der Waals surface area contributed by atoms with Gasteiger partial charge in [-0.3, -0.25) is 4.90 Å². The highest BCUT2D eigenvalue weighted by atomic mass is 16.7. The molecule has 6 rings (SSSR count). The standard InChI is InChI=1S/C17H20N4O/c1-20-16(15-10-12-4-2-3-5-14(12)18-15)19-22-17(20)11-21-8-6-13(17)7-9-21/h2-5,10,13,18H,6-9,11H2,1H3. The molecule has 3 fully saturated rings. The summed E-state index contributed by atoms with van der Waals surface area (Å²) in [6.07, 6.45) is 2.42. The average molecular weight is 296 g/mol. The molecule has 3 saturated heterocycles. The van der Waals surface area contributed by atoms with Crippen molar-refractivity contribution in [2.45, 2.75) is 18.6 Å². The monoisotopic (exact) mass is 296 g/mol. The van der Waals surface area contributed by atoms with Crippen molar-refractivity contribution in [2.75, 3.05) is 26.7 Å². The number of rotatable bonds is 1. The molecule has 0 amide bonds. The van der Waals surface area contributed by atoms with Gasteiger partial charge >= 0.3 is 0 Å². The van der Waals surface area contributed by atoms with Gasteiger partial charge in [-0.1, -0.05) is 23.4 Å². The minimum absolute atomic E-state index is 0.261. The molecule has 2 bridgehead atoms. The molecular formula is C17H20N4O. The Hall–Kier alpha value is -2.01. The number of fused-ring (bicyclic) bond motifs is 3. The second-order valence-electron chi connectivity index (χ2n) is 6.73. The molecule has 1 spiro atoms. The summed E-state index contributed by atoms with van der Waals surface area (Å²) in [6.45, 7) is 3.36. The van der Waals surface area contributed by atoms with Crippen molar-refractivity contribution in [2.24, 2.45) is 11.1 Å². The normalized spacial score (nSPS) is 33.5. The van der Waals surface area contributed by atoms with Crippen LogP contribution in [0.5, 0.6) is 0 Å². The zero-order valence-corrected chi connectivity index (χ0v) is 12.7. The summed E-state index contributed by atoms with van der Waals surface area (Å²) in [4.78, 5) is 14.3. The molecule has 5 nitrogen and oxygen atoms in total. The Labute approximate surface area is 129 Å². The predicted octanol–water partition coefficient (Wildman–Crippen LogP) is 2.21. The van der Waals surface area contributed by atoms with Crippen LogP contribution in [0, 0.1) is 5.92 Å². The highest BCUT2D eigenvalue weighted by Gasteiger charge is 2.56. The maximum atomic E-state index is 6.04. The van der Waals surface area contributed by atoms with Crippen molar-refractivity contribution in [1.82, 2.24) is 14.8 Å². The Balaban J connectivity index is 1.52. The van der Waals surface area contributed by atoms with E-state index in [1.807, 2.05) is 6.07 Å². The van der Waals surface area contributed by atoms with E-state index in [0.717, 1.165) is 23.6 Å². The number of hydrogen-bond acceptors (Lipinski definition) is 4. The van der Waals surface area contributed by atoms with Gasteiger partial charge in [0.1, 0.15) is 0 Å². The van der Waals surface area contributed by atoms with Crippen LogP contribution in [0.4, 0.5) is 0 Å². The lowest BCUT2D eigenvalue weighted by Gasteiger charge is -2.52. The fourth-order valence-electron chi connectivity index (χ4n) is 4.32. The third-order valence-corrected chi connectivity index (χ3v) is 5.62. The van der Waals surface area contributed by atoms with Crippen LogP contribution in [-0.2, 0) is 4.84 Å². The number of likely N-dealkylation sites (N-methyl/N-ethyl adjacent to an activating group) is 1. The molecule has 0 radical (unpaired) electrons. The molecule has 1 aromatic heterocycles.